The molecule has 2 saturated heterocycles. The van der Waals surface area contributed by atoms with Gasteiger partial charge in [0, 0.05) is 0 Å². The highest BCUT2D eigenvalue weighted by molar-refractivity contribution is 5.13. The van der Waals surface area contributed by atoms with E-state index in [0.29, 0.717) is 0 Å². The molecule has 2 fully saturated rings. The average Bonchev–Trinajstić information content (AvgIpc) is 2.71. The van der Waals surface area contributed by atoms with Crippen LogP contribution in [0.25, 0.3) is 0 Å². The molecule has 0 bridgehead atoms. The molecule has 0 aromatic heterocycles. The molecule has 0 saturated carbocycles. The van der Waals surface area contributed by atoms with Crippen molar-refractivity contribution in [1.29, 1.82) is 0 Å². The Morgan fingerprint density at radius 3 is 2.21 bits per heavy atom. The fraction of sp³-hybridized carbons (Fsp3) is 0.667. The lowest BCUT2D eigenvalue weighted by Gasteiger charge is -2.43. The van der Waals surface area contributed by atoms with Crippen LogP contribution >= 0.6 is 0 Å². The zero-order valence-corrected chi connectivity index (χ0v) is 15.0. The van der Waals surface area contributed by atoms with Crippen LogP contribution in [0.2, 0.25) is 0 Å². The van der Waals surface area contributed by atoms with Gasteiger partial charge in [-0.3, -0.25) is 0 Å². The normalized spacial score (nSPS) is 41.7. The molecule has 1 aromatic carbocycles. The van der Waals surface area contributed by atoms with Crippen LogP contribution in [0, 0.1) is 0 Å². The summed E-state index contributed by atoms with van der Waals surface area (Å²) >= 11 is 0. The van der Waals surface area contributed by atoms with Gasteiger partial charge in [-0.2, -0.15) is 0 Å². The minimum Gasteiger partial charge on any atom is -0.394 e. The number of ether oxygens (including phenoxy) is 4. The van der Waals surface area contributed by atoms with Gasteiger partial charge in [-0.15, -0.1) is 0 Å². The Morgan fingerprint density at radius 2 is 1.54 bits per heavy atom. The monoisotopic (exact) mass is 402 g/mol. The Labute approximate surface area is 161 Å². The largest absolute Gasteiger partial charge is 0.394 e. The van der Waals surface area contributed by atoms with E-state index in [2.05, 4.69) is 0 Å². The number of aliphatic hydroxyl groups is 6. The Morgan fingerprint density at radius 1 is 0.857 bits per heavy atom. The molecule has 3 rings (SSSR count). The highest BCUT2D eigenvalue weighted by Gasteiger charge is 2.47. The standard InChI is InChI=1S/C18H26O10/c19-6-10-12(20)14(22)16(24)18(27-10)28-11-8-26-17(15(23)13(11)21)25-7-9-4-2-1-3-5-9/h1-5,10-24H,6-8H2. The first-order valence-electron chi connectivity index (χ1n) is 9.01. The van der Waals surface area contributed by atoms with Crippen LogP contribution in [0.1, 0.15) is 5.56 Å². The number of benzene rings is 1. The summed E-state index contributed by atoms with van der Waals surface area (Å²) in [6.07, 6.45) is -12.3. The van der Waals surface area contributed by atoms with Crippen molar-refractivity contribution in [2.45, 2.75) is 61.9 Å². The van der Waals surface area contributed by atoms with E-state index in [1.54, 1.807) is 0 Å². The molecular formula is C18H26O10. The van der Waals surface area contributed by atoms with Gasteiger partial charge in [0.05, 0.1) is 19.8 Å². The Bertz CT molecular complexity index is 599. The average molecular weight is 402 g/mol. The first-order chi connectivity index (χ1) is 13.4. The van der Waals surface area contributed by atoms with Gasteiger partial charge in [0.2, 0.25) is 0 Å². The molecular weight excluding hydrogens is 376 g/mol. The summed E-state index contributed by atoms with van der Waals surface area (Å²) in [5.74, 6) is 0. The predicted molar refractivity (Wildman–Crippen MR) is 91.6 cm³/mol. The predicted octanol–water partition coefficient (Wildman–Crippen LogP) is -2.53. The van der Waals surface area contributed by atoms with Gasteiger partial charge in [0.1, 0.15) is 42.7 Å². The molecule has 2 heterocycles. The summed E-state index contributed by atoms with van der Waals surface area (Å²) in [7, 11) is 0. The molecule has 6 N–H and O–H groups in total. The van der Waals surface area contributed by atoms with Crippen LogP contribution in [0.5, 0.6) is 0 Å². The quantitative estimate of drug-likeness (QED) is 0.300. The molecule has 1 aromatic rings. The van der Waals surface area contributed by atoms with E-state index in [-0.39, 0.29) is 13.2 Å². The maximum Gasteiger partial charge on any atom is 0.187 e. The minimum atomic E-state index is -1.62. The molecule has 28 heavy (non-hydrogen) atoms. The maximum absolute atomic E-state index is 10.3. The highest BCUT2D eigenvalue weighted by Crippen LogP contribution is 2.26. The minimum absolute atomic E-state index is 0.174. The molecule has 2 aliphatic rings. The van der Waals surface area contributed by atoms with Crippen molar-refractivity contribution < 1.29 is 49.6 Å². The lowest BCUT2D eigenvalue weighted by atomic mass is 9.99. The second-order valence-electron chi connectivity index (χ2n) is 6.85. The first-order valence-corrected chi connectivity index (χ1v) is 9.01. The summed E-state index contributed by atoms with van der Waals surface area (Å²) in [6.45, 7) is -0.604. The van der Waals surface area contributed by atoms with Gasteiger partial charge >= 0.3 is 0 Å². The number of hydrogen-bond acceptors (Lipinski definition) is 10. The van der Waals surface area contributed by atoms with Crippen molar-refractivity contribution in [1.82, 2.24) is 0 Å². The Balaban J connectivity index is 1.55. The van der Waals surface area contributed by atoms with E-state index >= 15 is 0 Å². The number of rotatable bonds is 6. The maximum atomic E-state index is 10.3. The van der Waals surface area contributed by atoms with Gasteiger partial charge < -0.3 is 49.6 Å². The molecule has 9 unspecified atom stereocenters. The van der Waals surface area contributed by atoms with E-state index in [9.17, 15) is 30.6 Å². The van der Waals surface area contributed by atoms with Gasteiger partial charge in [-0.05, 0) is 5.56 Å². The first kappa shape index (κ1) is 21.5. The summed E-state index contributed by atoms with van der Waals surface area (Å²) in [4.78, 5) is 0. The molecule has 2 aliphatic heterocycles. The zero-order chi connectivity index (χ0) is 20.3. The summed E-state index contributed by atoms with van der Waals surface area (Å²) in [5, 5.41) is 59.4. The highest BCUT2D eigenvalue weighted by atomic mass is 16.7. The molecule has 9 atom stereocenters. The van der Waals surface area contributed by atoms with Gasteiger partial charge in [-0.1, -0.05) is 30.3 Å². The second kappa shape index (κ2) is 9.55. The van der Waals surface area contributed by atoms with Crippen molar-refractivity contribution >= 4 is 0 Å². The number of hydrogen-bond donors (Lipinski definition) is 6. The third kappa shape index (κ3) is 4.69. The van der Waals surface area contributed by atoms with Crippen molar-refractivity contribution in [3.05, 3.63) is 35.9 Å². The van der Waals surface area contributed by atoms with Crippen molar-refractivity contribution in [3.8, 4) is 0 Å². The third-order valence-corrected chi connectivity index (χ3v) is 4.85. The summed E-state index contributed by atoms with van der Waals surface area (Å²) in [6, 6.07) is 9.24. The van der Waals surface area contributed by atoms with Crippen LogP contribution in [0.15, 0.2) is 30.3 Å². The van der Waals surface area contributed by atoms with E-state index in [0.717, 1.165) is 5.56 Å². The molecule has 0 amide bonds. The van der Waals surface area contributed by atoms with Crippen LogP contribution in [-0.2, 0) is 25.6 Å². The molecule has 0 aliphatic carbocycles. The summed E-state index contributed by atoms with van der Waals surface area (Å²) < 4.78 is 21.6. The van der Waals surface area contributed by atoms with Crippen LogP contribution in [0.4, 0.5) is 0 Å². The van der Waals surface area contributed by atoms with Gasteiger partial charge in [0.15, 0.2) is 12.6 Å². The Kier molecular flexibility index (Phi) is 7.34. The molecule has 0 radical (unpaired) electrons. The van der Waals surface area contributed by atoms with Crippen LogP contribution in [-0.4, -0.2) is 99.2 Å². The Hall–Kier alpha value is -1.18. The smallest absolute Gasteiger partial charge is 0.187 e. The lowest BCUT2D eigenvalue weighted by Crippen LogP contribution is -2.62. The van der Waals surface area contributed by atoms with Crippen molar-refractivity contribution in [2.75, 3.05) is 13.2 Å². The van der Waals surface area contributed by atoms with Crippen molar-refractivity contribution in [3.63, 3.8) is 0 Å². The fourth-order valence-corrected chi connectivity index (χ4v) is 3.14. The fourth-order valence-electron chi connectivity index (χ4n) is 3.14. The van der Waals surface area contributed by atoms with E-state index in [4.69, 9.17) is 18.9 Å². The molecule has 0 spiro atoms. The van der Waals surface area contributed by atoms with Gasteiger partial charge in [0.25, 0.3) is 0 Å². The number of aliphatic hydroxyl groups excluding tert-OH is 6. The molecule has 10 nitrogen and oxygen atoms in total. The van der Waals surface area contributed by atoms with Gasteiger partial charge in [-0.25, -0.2) is 0 Å². The van der Waals surface area contributed by atoms with E-state index in [1.165, 1.54) is 0 Å². The third-order valence-electron chi connectivity index (χ3n) is 4.85. The molecule has 10 heteroatoms. The zero-order valence-electron chi connectivity index (χ0n) is 15.0. The van der Waals surface area contributed by atoms with Crippen LogP contribution < -0.4 is 0 Å². The summed E-state index contributed by atoms with van der Waals surface area (Å²) in [5.41, 5.74) is 0.868. The topological polar surface area (TPSA) is 158 Å². The van der Waals surface area contributed by atoms with Crippen LogP contribution in [0.3, 0.4) is 0 Å². The van der Waals surface area contributed by atoms with Crippen molar-refractivity contribution in [2.24, 2.45) is 0 Å². The SMILES string of the molecule is OCC1OC(OC2COC(OCc3ccccc3)C(O)C2O)C(O)C(O)C1O. The lowest BCUT2D eigenvalue weighted by molar-refractivity contribution is -0.344. The second-order valence-corrected chi connectivity index (χ2v) is 6.85. The molecule has 158 valence electrons. The van der Waals surface area contributed by atoms with E-state index in [1.807, 2.05) is 30.3 Å². The van der Waals surface area contributed by atoms with E-state index < -0.39 is 61.9 Å².